The molecule has 0 saturated carbocycles. The summed E-state index contributed by atoms with van der Waals surface area (Å²) in [6.45, 7) is 6.50. The van der Waals surface area contributed by atoms with E-state index in [9.17, 15) is 14.4 Å². The first-order valence-corrected chi connectivity index (χ1v) is 32.4. The van der Waals surface area contributed by atoms with Crippen LogP contribution >= 0.6 is 0 Å². The summed E-state index contributed by atoms with van der Waals surface area (Å²) in [6.07, 6.45) is 88.0. The Morgan fingerprint density at radius 3 is 0.818 bits per heavy atom. The van der Waals surface area contributed by atoms with Crippen LogP contribution in [-0.2, 0) is 28.6 Å². The molecule has 0 aliphatic rings. The molecule has 0 heterocycles. The Balaban J connectivity index is 4.39. The summed E-state index contributed by atoms with van der Waals surface area (Å²) in [5, 5.41) is 0. The molecule has 0 aromatic heterocycles. The van der Waals surface area contributed by atoms with Crippen molar-refractivity contribution >= 4 is 17.9 Å². The molecule has 0 saturated heterocycles. The van der Waals surface area contributed by atoms with Gasteiger partial charge in [0.25, 0.3) is 0 Å². The summed E-state index contributed by atoms with van der Waals surface area (Å²) in [5.74, 6) is -0.909. The predicted octanol–water partition coefficient (Wildman–Crippen LogP) is 22.2. The standard InChI is InChI=1S/C71H120O6/c1-4-7-10-13-16-19-22-25-27-29-31-33-35-37-39-41-43-46-49-52-55-58-61-64-70(73)76-67-68(66-75-69(72)63-60-57-54-51-48-45-24-21-18-15-12-9-6-3)77-71(74)65-62-59-56-53-50-47-44-42-40-38-36-34-32-30-28-26-23-20-17-14-11-8-5-2/h7,10,16,19,21,23-27,30-33,36-39,68H,4-6,8-9,11-15,17-18,20,22,28-29,34-35,40-67H2,1-3H3/b10-7-,19-16-,24-21-,26-23-,27-25-,32-30-,33-31-,38-36-,39-37-. The van der Waals surface area contributed by atoms with Crippen LogP contribution in [0.15, 0.2) is 109 Å². The molecule has 77 heavy (non-hydrogen) atoms. The van der Waals surface area contributed by atoms with E-state index in [1.165, 1.54) is 141 Å². The van der Waals surface area contributed by atoms with Crippen LogP contribution in [0.2, 0.25) is 0 Å². The summed E-state index contributed by atoms with van der Waals surface area (Å²) in [4.78, 5) is 38.3. The quantitative estimate of drug-likeness (QED) is 0.0261. The van der Waals surface area contributed by atoms with Gasteiger partial charge >= 0.3 is 17.9 Å². The number of unbranched alkanes of at least 4 members (excludes halogenated alkanes) is 29. The van der Waals surface area contributed by atoms with Gasteiger partial charge in [-0.3, -0.25) is 14.4 Å². The minimum absolute atomic E-state index is 0.0895. The molecule has 0 aromatic rings. The molecule has 0 bridgehead atoms. The molecule has 0 N–H and O–H groups in total. The summed E-state index contributed by atoms with van der Waals surface area (Å²) in [7, 11) is 0. The lowest BCUT2D eigenvalue weighted by Gasteiger charge is -2.18. The van der Waals surface area contributed by atoms with Crippen LogP contribution in [0.25, 0.3) is 0 Å². The Bertz CT molecular complexity index is 1560. The minimum Gasteiger partial charge on any atom is -0.462 e. The Morgan fingerprint density at radius 2 is 0.506 bits per heavy atom. The van der Waals surface area contributed by atoms with Gasteiger partial charge < -0.3 is 14.2 Å². The molecule has 6 nitrogen and oxygen atoms in total. The van der Waals surface area contributed by atoms with E-state index in [1.807, 2.05) is 0 Å². The smallest absolute Gasteiger partial charge is 0.306 e. The van der Waals surface area contributed by atoms with Gasteiger partial charge in [-0.05, 0) is 128 Å². The molecule has 0 aromatic carbocycles. The lowest BCUT2D eigenvalue weighted by molar-refractivity contribution is -0.167. The number of allylic oxidation sites excluding steroid dienone is 18. The summed E-state index contributed by atoms with van der Waals surface area (Å²) in [5.41, 5.74) is 0. The minimum atomic E-state index is -0.794. The Morgan fingerprint density at radius 1 is 0.273 bits per heavy atom. The Labute approximate surface area is 476 Å². The first-order chi connectivity index (χ1) is 38.0. The summed E-state index contributed by atoms with van der Waals surface area (Å²) in [6, 6.07) is 0. The number of rotatable bonds is 58. The summed E-state index contributed by atoms with van der Waals surface area (Å²) < 4.78 is 16.9. The van der Waals surface area contributed by atoms with Gasteiger partial charge in [-0.1, -0.05) is 265 Å². The van der Waals surface area contributed by atoms with Gasteiger partial charge in [-0.15, -0.1) is 0 Å². The van der Waals surface area contributed by atoms with Crippen molar-refractivity contribution in [1.82, 2.24) is 0 Å². The Hall–Kier alpha value is -3.93. The largest absolute Gasteiger partial charge is 0.462 e. The normalized spacial score (nSPS) is 12.8. The van der Waals surface area contributed by atoms with E-state index >= 15 is 0 Å². The van der Waals surface area contributed by atoms with Gasteiger partial charge in [-0.2, -0.15) is 0 Å². The molecule has 1 atom stereocenters. The zero-order valence-electron chi connectivity index (χ0n) is 50.4. The zero-order chi connectivity index (χ0) is 55.7. The zero-order valence-corrected chi connectivity index (χ0v) is 50.4. The second kappa shape index (κ2) is 64.6. The van der Waals surface area contributed by atoms with Crippen molar-refractivity contribution in [3.05, 3.63) is 109 Å². The first kappa shape index (κ1) is 73.1. The van der Waals surface area contributed by atoms with E-state index in [1.54, 1.807) is 0 Å². The maximum Gasteiger partial charge on any atom is 0.306 e. The number of carbonyl (C=O) groups is 3. The molecule has 0 radical (unpaired) electrons. The van der Waals surface area contributed by atoms with Crippen molar-refractivity contribution in [2.75, 3.05) is 13.2 Å². The van der Waals surface area contributed by atoms with Gasteiger partial charge in [0.2, 0.25) is 0 Å². The predicted molar refractivity (Wildman–Crippen MR) is 334 cm³/mol. The van der Waals surface area contributed by atoms with Gasteiger partial charge in [0.15, 0.2) is 6.10 Å². The third-order valence-electron chi connectivity index (χ3n) is 13.7. The molecule has 0 spiro atoms. The highest BCUT2D eigenvalue weighted by molar-refractivity contribution is 5.71. The summed E-state index contributed by atoms with van der Waals surface area (Å²) >= 11 is 0. The van der Waals surface area contributed by atoms with Crippen molar-refractivity contribution in [1.29, 1.82) is 0 Å². The highest BCUT2D eigenvalue weighted by Gasteiger charge is 2.19. The second-order valence-electron chi connectivity index (χ2n) is 21.3. The SMILES string of the molecule is CC/C=C\C/C=C\C/C=C\C/C=C\C/C=C\CCCCCCCCCC(=O)OCC(COC(=O)CCCCCCC/C=C\CCCCCC)OC(=O)CCCCCCCCCC/C=C\C/C=C\C/C=C\CCCCCCC. The fourth-order valence-corrected chi connectivity index (χ4v) is 8.88. The van der Waals surface area contributed by atoms with Crippen LogP contribution < -0.4 is 0 Å². The van der Waals surface area contributed by atoms with Crippen LogP contribution in [-0.4, -0.2) is 37.2 Å². The number of esters is 3. The van der Waals surface area contributed by atoms with E-state index in [-0.39, 0.29) is 31.1 Å². The van der Waals surface area contributed by atoms with Crippen LogP contribution in [0, 0.1) is 0 Å². The van der Waals surface area contributed by atoms with E-state index in [0.29, 0.717) is 19.3 Å². The van der Waals surface area contributed by atoms with Gasteiger partial charge in [-0.25, -0.2) is 0 Å². The number of carbonyl (C=O) groups excluding carboxylic acids is 3. The van der Waals surface area contributed by atoms with E-state index in [4.69, 9.17) is 14.2 Å². The van der Waals surface area contributed by atoms with E-state index in [0.717, 1.165) is 122 Å². The number of ether oxygens (including phenoxy) is 3. The molecule has 0 fully saturated rings. The fraction of sp³-hybridized carbons (Fsp3) is 0.704. The van der Waals surface area contributed by atoms with Crippen molar-refractivity contribution < 1.29 is 28.6 Å². The van der Waals surface area contributed by atoms with Crippen LogP contribution in [0.3, 0.4) is 0 Å². The molecule has 0 aliphatic heterocycles. The molecule has 6 heteroatoms. The topological polar surface area (TPSA) is 78.9 Å². The molecule has 440 valence electrons. The molecular weight excluding hydrogens is 949 g/mol. The molecule has 0 amide bonds. The number of hydrogen-bond donors (Lipinski definition) is 0. The average Bonchev–Trinajstić information content (AvgIpc) is 3.43. The third-order valence-corrected chi connectivity index (χ3v) is 13.7. The third kappa shape index (κ3) is 62.8. The molecule has 0 rings (SSSR count). The average molecular weight is 1070 g/mol. The van der Waals surface area contributed by atoms with E-state index < -0.39 is 6.10 Å². The maximum absolute atomic E-state index is 12.9. The van der Waals surface area contributed by atoms with Crippen LogP contribution in [0.1, 0.15) is 303 Å². The highest BCUT2D eigenvalue weighted by atomic mass is 16.6. The molecule has 0 aliphatic carbocycles. The van der Waals surface area contributed by atoms with Crippen molar-refractivity contribution in [2.45, 2.75) is 309 Å². The lowest BCUT2D eigenvalue weighted by atomic mass is 10.1. The van der Waals surface area contributed by atoms with Gasteiger partial charge in [0.1, 0.15) is 13.2 Å². The number of hydrogen-bond acceptors (Lipinski definition) is 6. The van der Waals surface area contributed by atoms with Crippen molar-refractivity contribution in [3.63, 3.8) is 0 Å². The van der Waals surface area contributed by atoms with E-state index in [2.05, 4.69) is 130 Å². The van der Waals surface area contributed by atoms with Gasteiger partial charge in [0, 0.05) is 19.3 Å². The molecular formula is C71H120O6. The lowest BCUT2D eigenvalue weighted by Crippen LogP contribution is -2.30. The Kier molecular flexibility index (Phi) is 61.3. The van der Waals surface area contributed by atoms with Crippen LogP contribution in [0.5, 0.6) is 0 Å². The maximum atomic E-state index is 12.9. The molecule has 1 unspecified atom stereocenters. The second-order valence-corrected chi connectivity index (χ2v) is 21.3. The monoisotopic (exact) mass is 1070 g/mol. The highest BCUT2D eigenvalue weighted by Crippen LogP contribution is 2.15. The van der Waals surface area contributed by atoms with Crippen molar-refractivity contribution in [3.8, 4) is 0 Å². The van der Waals surface area contributed by atoms with Gasteiger partial charge in [0.05, 0.1) is 0 Å². The van der Waals surface area contributed by atoms with Crippen LogP contribution in [0.4, 0.5) is 0 Å². The first-order valence-electron chi connectivity index (χ1n) is 32.4. The van der Waals surface area contributed by atoms with Crippen molar-refractivity contribution in [2.24, 2.45) is 0 Å². The fourth-order valence-electron chi connectivity index (χ4n) is 8.88.